The number of aliphatic carboxylic acids is 1. The van der Waals surface area contributed by atoms with Crippen molar-refractivity contribution in [2.75, 3.05) is 40.0 Å². The fraction of sp³-hybridized carbons (Fsp3) is 0.310. The summed E-state index contributed by atoms with van der Waals surface area (Å²) in [6.45, 7) is 4.06. The highest BCUT2D eigenvalue weighted by molar-refractivity contribution is 6.31. The number of halogens is 1. The number of dihydropyridines is 1. The van der Waals surface area contributed by atoms with E-state index in [4.69, 9.17) is 36.7 Å². The van der Waals surface area contributed by atoms with Crippen molar-refractivity contribution < 1.29 is 38.5 Å². The summed E-state index contributed by atoms with van der Waals surface area (Å²) in [7, 11) is 1.29. The van der Waals surface area contributed by atoms with Crippen molar-refractivity contribution in [2.24, 2.45) is 5.73 Å². The molecule has 0 aliphatic carbocycles. The van der Waals surface area contributed by atoms with Crippen LogP contribution in [0.15, 0.2) is 77.1 Å². The van der Waals surface area contributed by atoms with Crippen LogP contribution in [-0.2, 0) is 28.6 Å². The molecule has 0 fully saturated rings. The van der Waals surface area contributed by atoms with Gasteiger partial charge in [0, 0.05) is 22.8 Å². The average molecular weight is 588 g/mol. The topological polar surface area (TPSA) is 166 Å². The van der Waals surface area contributed by atoms with E-state index < -0.39 is 23.8 Å². The van der Waals surface area contributed by atoms with Gasteiger partial charge in [-0.1, -0.05) is 48.0 Å². The molecule has 1 aliphatic heterocycles. The Morgan fingerprint density at radius 3 is 2.27 bits per heavy atom. The number of amides is 1. The van der Waals surface area contributed by atoms with Gasteiger partial charge in [0.2, 0.25) is 0 Å². The molecule has 12 heteroatoms. The van der Waals surface area contributed by atoms with Crippen molar-refractivity contribution in [1.82, 2.24) is 10.6 Å². The molecule has 5 N–H and O–H groups in total. The number of nitrogens with two attached hydrogens (primary N) is 1. The Kier molecular flexibility index (Phi) is 13.5. The minimum atomic E-state index is -1.05. The minimum absolute atomic E-state index is 0.109. The second-order valence-electron chi connectivity index (χ2n) is 8.51. The van der Waals surface area contributed by atoms with E-state index >= 15 is 0 Å². The monoisotopic (exact) mass is 587 g/mol. The number of nitrogens with one attached hydrogen (secondary N) is 2. The van der Waals surface area contributed by atoms with Crippen molar-refractivity contribution >= 4 is 35.4 Å². The van der Waals surface area contributed by atoms with Crippen molar-refractivity contribution in [3.8, 4) is 0 Å². The molecule has 2 aromatic carbocycles. The van der Waals surface area contributed by atoms with Crippen LogP contribution in [0.2, 0.25) is 5.02 Å². The predicted octanol–water partition coefficient (Wildman–Crippen LogP) is 2.77. The smallest absolute Gasteiger partial charge is 0.336 e. The number of methoxy groups -OCH3 is 1. The quantitative estimate of drug-likeness (QED) is 0.227. The van der Waals surface area contributed by atoms with Gasteiger partial charge < -0.3 is 35.7 Å². The number of carboxylic acids is 1. The van der Waals surface area contributed by atoms with Crippen LogP contribution in [0.3, 0.4) is 0 Å². The largest absolute Gasteiger partial charge is 0.480 e. The summed E-state index contributed by atoms with van der Waals surface area (Å²) in [4.78, 5) is 46.8. The van der Waals surface area contributed by atoms with Gasteiger partial charge in [0.15, 0.2) is 0 Å². The van der Waals surface area contributed by atoms with Crippen LogP contribution in [0.1, 0.15) is 35.7 Å². The van der Waals surface area contributed by atoms with E-state index in [1.165, 1.54) is 7.11 Å². The number of allylic oxidation sites excluding steroid dienone is 1. The summed E-state index contributed by atoms with van der Waals surface area (Å²) >= 11 is 6.42. The molecule has 0 saturated heterocycles. The van der Waals surface area contributed by atoms with Crippen LogP contribution < -0.4 is 16.4 Å². The minimum Gasteiger partial charge on any atom is -0.480 e. The van der Waals surface area contributed by atoms with Gasteiger partial charge in [-0.3, -0.25) is 9.59 Å². The van der Waals surface area contributed by atoms with Gasteiger partial charge in [0.1, 0.15) is 6.54 Å². The van der Waals surface area contributed by atoms with Crippen molar-refractivity contribution in [2.45, 2.75) is 19.8 Å². The molecule has 0 radical (unpaired) electrons. The number of benzene rings is 2. The lowest BCUT2D eigenvalue weighted by Crippen LogP contribution is -2.35. The molecule has 3 rings (SSSR count). The molecule has 1 atom stereocenters. The summed E-state index contributed by atoms with van der Waals surface area (Å²) in [5, 5.41) is 14.1. The Morgan fingerprint density at radius 2 is 1.68 bits per heavy atom. The summed E-state index contributed by atoms with van der Waals surface area (Å²) in [5.74, 6) is -3.29. The van der Waals surface area contributed by atoms with Crippen LogP contribution in [-0.4, -0.2) is 68.9 Å². The van der Waals surface area contributed by atoms with Gasteiger partial charge in [-0.05, 0) is 37.6 Å². The average Bonchev–Trinajstić information content (AvgIpc) is 2.96. The Morgan fingerprint density at radius 1 is 1.02 bits per heavy atom. The zero-order valence-electron chi connectivity index (χ0n) is 23.1. The van der Waals surface area contributed by atoms with Gasteiger partial charge in [0.05, 0.1) is 49.7 Å². The summed E-state index contributed by atoms with van der Waals surface area (Å²) < 4.78 is 15.8. The van der Waals surface area contributed by atoms with E-state index in [9.17, 15) is 19.2 Å². The third-order valence-corrected chi connectivity index (χ3v) is 6.05. The maximum atomic E-state index is 12.9. The standard InChI is InChI=1S/C20H25ClN2O5.C9H9NO3/c1-4-28-20(25)18-15(11-27-10-9-22)23-12(2)16(19(24)26-3)17(18)13-7-5-6-8-14(13)21;11-8(12)6-10-9(13)7-4-2-1-3-5-7/h5-8,17,23H,4,9-11,22H2,1-3H3;1-5H,6H2,(H,10,13)(H,11,12). The number of rotatable bonds is 11. The maximum Gasteiger partial charge on any atom is 0.336 e. The number of esters is 2. The lowest BCUT2D eigenvalue weighted by molar-refractivity contribution is -0.139. The molecule has 0 spiro atoms. The SMILES string of the molecule is CCOC(=O)C1=C(COCCN)NC(C)=C(C(=O)OC)C1c1ccccc1Cl.O=C(O)CNC(=O)c1ccccc1. The molecule has 41 heavy (non-hydrogen) atoms. The maximum absolute atomic E-state index is 12.9. The Bertz CT molecular complexity index is 1290. The molecule has 1 heterocycles. The molecule has 0 aromatic heterocycles. The molecular weight excluding hydrogens is 554 g/mol. The number of ether oxygens (including phenoxy) is 3. The Hall–Kier alpha value is -4.19. The molecular formula is C29H34ClN3O8. The Labute approximate surface area is 243 Å². The summed E-state index contributed by atoms with van der Waals surface area (Å²) in [5.41, 5.74) is 8.16. The molecule has 11 nitrogen and oxygen atoms in total. The van der Waals surface area contributed by atoms with E-state index in [0.717, 1.165) is 0 Å². The molecule has 1 aliphatic rings. The number of hydrogen-bond donors (Lipinski definition) is 4. The molecule has 2 aromatic rings. The highest BCUT2D eigenvalue weighted by Crippen LogP contribution is 2.41. The van der Waals surface area contributed by atoms with Crippen LogP contribution in [0.5, 0.6) is 0 Å². The van der Waals surface area contributed by atoms with Crippen molar-refractivity contribution in [1.29, 1.82) is 0 Å². The zero-order chi connectivity index (χ0) is 30.4. The van der Waals surface area contributed by atoms with Crippen LogP contribution >= 0.6 is 11.6 Å². The third-order valence-electron chi connectivity index (χ3n) is 5.71. The van der Waals surface area contributed by atoms with Crippen LogP contribution in [0.25, 0.3) is 0 Å². The van der Waals surface area contributed by atoms with Gasteiger partial charge in [-0.25, -0.2) is 9.59 Å². The zero-order valence-corrected chi connectivity index (χ0v) is 23.8. The molecule has 0 bridgehead atoms. The predicted molar refractivity (Wildman–Crippen MR) is 152 cm³/mol. The van der Waals surface area contributed by atoms with E-state index in [2.05, 4.69) is 10.6 Å². The van der Waals surface area contributed by atoms with Gasteiger partial charge in [-0.2, -0.15) is 0 Å². The number of carbonyl (C=O) groups is 4. The Balaban J connectivity index is 0.000000377. The summed E-state index contributed by atoms with van der Waals surface area (Å²) in [6, 6.07) is 15.5. The van der Waals surface area contributed by atoms with E-state index in [1.54, 1.807) is 68.4 Å². The third kappa shape index (κ3) is 9.45. The first kappa shape index (κ1) is 33.0. The van der Waals surface area contributed by atoms with Crippen LogP contribution in [0, 0.1) is 0 Å². The van der Waals surface area contributed by atoms with E-state index in [1.807, 2.05) is 0 Å². The summed E-state index contributed by atoms with van der Waals surface area (Å²) in [6.07, 6.45) is 0. The second kappa shape index (κ2) is 16.8. The highest BCUT2D eigenvalue weighted by Gasteiger charge is 2.39. The normalized spacial score (nSPS) is 14.3. The van der Waals surface area contributed by atoms with E-state index in [0.29, 0.717) is 46.3 Å². The molecule has 0 saturated carbocycles. The van der Waals surface area contributed by atoms with E-state index in [-0.39, 0.29) is 31.2 Å². The second-order valence-corrected chi connectivity index (χ2v) is 8.91. The van der Waals surface area contributed by atoms with Crippen LogP contribution in [0.4, 0.5) is 0 Å². The lowest BCUT2D eigenvalue weighted by atomic mass is 9.80. The number of carbonyl (C=O) groups excluding carboxylic acids is 3. The van der Waals surface area contributed by atoms with Crippen molar-refractivity contribution in [3.05, 3.63) is 93.3 Å². The first-order chi connectivity index (χ1) is 19.7. The van der Waals surface area contributed by atoms with Gasteiger partial charge in [-0.15, -0.1) is 0 Å². The molecule has 1 unspecified atom stereocenters. The lowest BCUT2D eigenvalue weighted by Gasteiger charge is -2.31. The number of carboxylic acid groups (broad SMARTS) is 1. The van der Waals surface area contributed by atoms with Gasteiger partial charge >= 0.3 is 17.9 Å². The first-order valence-corrected chi connectivity index (χ1v) is 13.1. The highest BCUT2D eigenvalue weighted by atomic mass is 35.5. The molecule has 220 valence electrons. The first-order valence-electron chi connectivity index (χ1n) is 12.7. The molecule has 1 amide bonds. The van der Waals surface area contributed by atoms with Crippen molar-refractivity contribution in [3.63, 3.8) is 0 Å². The number of hydrogen-bond acceptors (Lipinski definition) is 9. The van der Waals surface area contributed by atoms with Gasteiger partial charge in [0.25, 0.3) is 5.91 Å². The fourth-order valence-corrected chi connectivity index (χ4v) is 4.21. The fourth-order valence-electron chi connectivity index (χ4n) is 3.97.